The zero-order valence-electron chi connectivity index (χ0n) is 10.3. The van der Waals surface area contributed by atoms with Crippen molar-refractivity contribution >= 4 is 11.9 Å². The highest BCUT2D eigenvalue weighted by molar-refractivity contribution is 5.87. The van der Waals surface area contributed by atoms with Gasteiger partial charge in [-0.2, -0.15) is 0 Å². The van der Waals surface area contributed by atoms with Gasteiger partial charge in [-0.05, 0) is 31.1 Å². The molecule has 2 bridgehead atoms. The zero-order chi connectivity index (χ0) is 12.7. The molecule has 0 unspecified atom stereocenters. The van der Waals surface area contributed by atoms with Crippen molar-refractivity contribution in [1.82, 2.24) is 5.32 Å². The second kappa shape index (κ2) is 4.41. The van der Waals surface area contributed by atoms with Gasteiger partial charge in [0.25, 0.3) is 0 Å². The minimum absolute atomic E-state index is 0.0360. The molecule has 2 saturated carbocycles. The molecule has 3 aliphatic carbocycles. The summed E-state index contributed by atoms with van der Waals surface area (Å²) in [6.07, 6.45) is 9.26. The number of fused-ring (bicyclic) bond motifs is 2. The molecule has 4 atom stereocenters. The number of carboxylic acids is 1. The predicted molar refractivity (Wildman–Crippen MR) is 65.8 cm³/mol. The lowest BCUT2D eigenvalue weighted by Crippen LogP contribution is -2.43. The number of hydrogen-bond donors (Lipinski definition) is 2. The van der Waals surface area contributed by atoms with Gasteiger partial charge in [-0.1, -0.05) is 25.0 Å². The maximum absolute atomic E-state index is 12.3. The second-order valence-electron chi connectivity index (χ2n) is 5.83. The first-order chi connectivity index (χ1) is 8.66. The number of hydrogen-bond acceptors (Lipinski definition) is 2. The van der Waals surface area contributed by atoms with Gasteiger partial charge in [0.15, 0.2) is 0 Å². The Labute approximate surface area is 106 Å². The number of carbonyl (C=O) groups is 2. The summed E-state index contributed by atoms with van der Waals surface area (Å²) in [4.78, 5) is 23.6. The van der Waals surface area contributed by atoms with Gasteiger partial charge in [0.1, 0.15) is 0 Å². The lowest BCUT2D eigenvalue weighted by molar-refractivity contribution is -0.148. The molecule has 18 heavy (non-hydrogen) atoms. The predicted octanol–water partition coefficient (Wildman–Crippen LogP) is 1.57. The molecule has 0 aromatic carbocycles. The second-order valence-corrected chi connectivity index (χ2v) is 5.83. The van der Waals surface area contributed by atoms with Crippen molar-refractivity contribution in [2.24, 2.45) is 23.7 Å². The Morgan fingerprint density at radius 1 is 1.06 bits per heavy atom. The Kier molecular flexibility index (Phi) is 2.88. The van der Waals surface area contributed by atoms with Crippen molar-refractivity contribution in [3.8, 4) is 0 Å². The molecular weight excluding hydrogens is 230 g/mol. The fourth-order valence-corrected chi connectivity index (χ4v) is 3.88. The molecule has 0 aliphatic heterocycles. The van der Waals surface area contributed by atoms with Crippen molar-refractivity contribution in [3.05, 3.63) is 12.2 Å². The van der Waals surface area contributed by atoms with Crippen LogP contribution in [0.4, 0.5) is 0 Å². The summed E-state index contributed by atoms with van der Waals surface area (Å²) in [5.74, 6) is -1.52. The minimum Gasteiger partial charge on any atom is -0.481 e. The Hall–Kier alpha value is -1.32. The van der Waals surface area contributed by atoms with Crippen LogP contribution in [0, 0.1) is 23.7 Å². The quantitative estimate of drug-likeness (QED) is 0.746. The number of amides is 1. The molecule has 0 heterocycles. The average Bonchev–Trinajstić information content (AvgIpc) is 3.03. The highest BCUT2D eigenvalue weighted by atomic mass is 16.4. The standard InChI is InChI=1S/C14H19NO3/c16-13(15-10-3-1-2-4-10)11-8-5-6-9(7-8)12(11)14(17)18/h5-6,8-12H,1-4,7H2,(H,15,16)(H,17,18)/t8-,9-,11-,12-/m0/s1. The van der Waals surface area contributed by atoms with Gasteiger partial charge >= 0.3 is 5.97 Å². The lowest BCUT2D eigenvalue weighted by Gasteiger charge is -2.25. The molecule has 2 N–H and O–H groups in total. The fraction of sp³-hybridized carbons (Fsp3) is 0.714. The number of nitrogens with one attached hydrogen (secondary N) is 1. The Bertz CT molecular complexity index is 398. The van der Waals surface area contributed by atoms with Crippen LogP contribution in [0.5, 0.6) is 0 Å². The first-order valence-electron chi connectivity index (χ1n) is 6.88. The van der Waals surface area contributed by atoms with Crippen LogP contribution in [0.1, 0.15) is 32.1 Å². The van der Waals surface area contributed by atoms with Gasteiger partial charge in [0.05, 0.1) is 11.8 Å². The number of carboxylic acid groups (broad SMARTS) is 1. The van der Waals surface area contributed by atoms with Crippen molar-refractivity contribution in [2.45, 2.75) is 38.1 Å². The molecule has 2 fully saturated rings. The van der Waals surface area contributed by atoms with Crippen molar-refractivity contribution in [2.75, 3.05) is 0 Å². The van der Waals surface area contributed by atoms with Crippen LogP contribution in [0.2, 0.25) is 0 Å². The van der Waals surface area contributed by atoms with Crippen LogP contribution < -0.4 is 5.32 Å². The van der Waals surface area contributed by atoms with E-state index in [0.717, 1.165) is 19.3 Å². The summed E-state index contributed by atoms with van der Waals surface area (Å²) in [6.45, 7) is 0. The van der Waals surface area contributed by atoms with E-state index in [1.54, 1.807) is 0 Å². The third-order valence-electron chi connectivity index (χ3n) is 4.75. The van der Waals surface area contributed by atoms with Crippen LogP contribution in [-0.4, -0.2) is 23.0 Å². The van der Waals surface area contributed by atoms with Crippen LogP contribution in [0.3, 0.4) is 0 Å². The Morgan fingerprint density at radius 3 is 2.28 bits per heavy atom. The highest BCUT2D eigenvalue weighted by Gasteiger charge is 2.51. The third-order valence-corrected chi connectivity index (χ3v) is 4.75. The van der Waals surface area contributed by atoms with E-state index in [1.165, 1.54) is 12.8 Å². The van der Waals surface area contributed by atoms with Gasteiger partial charge in [-0.25, -0.2) is 0 Å². The summed E-state index contributed by atoms with van der Waals surface area (Å²) in [5.41, 5.74) is 0. The molecule has 0 saturated heterocycles. The summed E-state index contributed by atoms with van der Waals surface area (Å²) >= 11 is 0. The molecule has 98 valence electrons. The Morgan fingerprint density at radius 2 is 1.67 bits per heavy atom. The molecule has 4 heteroatoms. The fourth-order valence-electron chi connectivity index (χ4n) is 3.88. The van der Waals surface area contributed by atoms with E-state index in [1.807, 2.05) is 12.2 Å². The molecule has 0 spiro atoms. The molecule has 0 aromatic rings. The summed E-state index contributed by atoms with van der Waals surface area (Å²) in [5, 5.41) is 12.4. The molecule has 3 aliphatic rings. The maximum Gasteiger partial charge on any atom is 0.307 e. The number of aliphatic carboxylic acids is 1. The van der Waals surface area contributed by atoms with E-state index >= 15 is 0 Å². The smallest absolute Gasteiger partial charge is 0.307 e. The van der Waals surface area contributed by atoms with Crippen molar-refractivity contribution < 1.29 is 14.7 Å². The first-order valence-corrected chi connectivity index (χ1v) is 6.88. The molecule has 1 amide bonds. The molecule has 4 nitrogen and oxygen atoms in total. The highest BCUT2D eigenvalue weighted by Crippen LogP contribution is 2.48. The van der Waals surface area contributed by atoms with Crippen LogP contribution in [0.15, 0.2) is 12.2 Å². The zero-order valence-corrected chi connectivity index (χ0v) is 10.3. The van der Waals surface area contributed by atoms with Gasteiger partial charge < -0.3 is 10.4 Å². The van der Waals surface area contributed by atoms with Crippen molar-refractivity contribution in [3.63, 3.8) is 0 Å². The number of allylic oxidation sites excluding steroid dienone is 2. The van der Waals surface area contributed by atoms with Gasteiger partial charge in [-0.3, -0.25) is 9.59 Å². The Balaban J connectivity index is 1.71. The van der Waals surface area contributed by atoms with E-state index < -0.39 is 11.9 Å². The normalized spacial score (nSPS) is 38.2. The van der Waals surface area contributed by atoms with Gasteiger partial charge in [0.2, 0.25) is 5.91 Å². The lowest BCUT2D eigenvalue weighted by atomic mass is 9.82. The summed E-state index contributed by atoms with van der Waals surface area (Å²) in [6, 6.07) is 0.273. The van der Waals surface area contributed by atoms with E-state index in [0.29, 0.717) is 0 Å². The SMILES string of the molecule is O=C(O)[C@@H]1[C@@H](C(=O)NC2CCCC2)[C@H]2C=C[C@H]1C2. The van der Waals surface area contributed by atoms with Crippen LogP contribution in [0.25, 0.3) is 0 Å². The molecule has 0 aromatic heterocycles. The maximum atomic E-state index is 12.3. The minimum atomic E-state index is -0.821. The van der Waals surface area contributed by atoms with Gasteiger partial charge in [0, 0.05) is 6.04 Å². The number of rotatable bonds is 3. The summed E-state index contributed by atoms with van der Waals surface area (Å²) in [7, 11) is 0. The van der Waals surface area contributed by atoms with E-state index in [2.05, 4.69) is 5.32 Å². The van der Waals surface area contributed by atoms with E-state index in [-0.39, 0.29) is 29.7 Å². The van der Waals surface area contributed by atoms with Crippen molar-refractivity contribution in [1.29, 1.82) is 0 Å². The third kappa shape index (κ3) is 1.84. The average molecular weight is 249 g/mol. The molecule has 3 rings (SSSR count). The monoisotopic (exact) mass is 249 g/mol. The topological polar surface area (TPSA) is 66.4 Å². The number of carbonyl (C=O) groups excluding carboxylic acids is 1. The molecule has 0 radical (unpaired) electrons. The van der Waals surface area contributed by atoms with E-state index in [4.69, 9.17) is 0 Å². The summed E-state index contributed by atoms with van der Waals surface area (Å²) < 4.78 is 0. The van der Waals surface area contributed by atoms with Crippen LogP contribution in [-0.2, 0) is 9.59 Å². The van der Waals surface area contributed by atoms with Gasteiger partial charge in [-0.15, -0.1) is 0 Å². The van der Waals surface area contributed by atoms with Crippen LogP contribution >= 0.6 is 0 Å². The molecular formula is C14H19NO3. The largest absolute Gasteiger partial charge is 0.481 e. The van der Waals surface area contributed by atoms with E-state index in [9.17, 15) is 14.7 Å². The first kappa shape index (κ1) is 11.8.